The number of nitrogens with zero attached hydrogens (tertiary/aromatic N) is 2. The number of aryl methyl sites for hydroxylation is 1. The van der Waals surface area contributed by atoms with Crippen molar-refractivity contribution in [3.05, 3.63) is 16.1 Å². The number of hydrogen-bond donors (Lipinski definition) is 1. The van der Waals surface area contributed by atoms with Crippen LogP contribution in [-0.2, 0) is 6.42 Å². The van der Waals surface area contributed by atoms with Gasteiger partial charge in [-0.2, -0.15) is 0 Å². The normalized spacial score (nSPS) is 23.9. The van der Waals surface area contributed by atoms with Gasteiger partial charge in [-0.3, -0.25) is 4.79 Å². The maximum Gasteiger partial charge on any atom is 0.265 e. The summed E-state index contributed by atoms with van der Waals surface area (Å²) >= 11 is 1.56. The lowest BCUT2D eigenvalue weighted by Crippen LogP contribution is -2.31. The fourth-order valence-corrected chi connectivity index (χ4v) is 3.90. The van der Waals surface area contributed by atoms with Crippen LogP contribution in [0.3, 0.4) is 0 Å². The highest BCUT2D eigenvalue weighted by Gasteiger charge is 2.38. The highest BCUT2D eigenvalue weighted by molar-refractivity contribution is 7.13. The third-order valence-corrected chi connectivity index (χ3v) is 4.95. The Labute approximate surface area is 136 Å². The molecule has 1 aromatic rings. The molecule has 0 aromatic carbocycles. The van der Waals surface area contributed by atoms with Crippen molar-refractivity contribution in [3.8, 4) is 0 Å². The van der Waals surface area contributed by atoms with Gasteiger partial charge in [-0.05, 0) is 24.7 Å². The van der Waals surface area contributed by atoms with Crippen molar-refractivity contribution in [3.63, 3.8) is 0 Å². The van der Waals surface area contributed by atoms with Crippen LogP contribution in [0, 0.1) is 11.8 Å². The number of amides is 1. The first-order valence-corrected chi connectivity index (χ1v) is 7.54. The standard InChI is InChI=1S/C13H19N3OS.2ClH/c1-2-3-12-15-6-11(18-12)13(17)16-7-9-4-14-5-10(9)8-16;;/h6,9-10,14H,2-5,7-8H2,1H3;2*1H/t9-,10+;;. The molecule has 20 heavy (non-hydrogen) atoms. The molecule has 0 unspecified atom stereocenters. The van der Waals surface area contributed by atoms with Gasteiger partial charge in [-0.25, -0.2) is 4.98 Å². The van der Waals surface area contributed by atoms with Crippen molar-refractivity contribution < 1.29 is 4.79 Å². The minimum Gasteiger partial charge on any atom is -0.337 e. The van der Waals surface area contributed by atoms with Crippen molar-refractivity contribution in [1.82, 2.24) is 15.2 Å². The molecule has 0 bridgehead atoms. The average molecular weight is 338 g/mol. The minimum atomic E-state index is 0. The fourth-order valence-electron chi connectivity index (χ4n) is 2.92. The van der Waals surface area contributed by atoms with Gasteiger partial charge >= 0.3 is 0 Å². The summed E-state index contributed by atoms with van der Waals surface area (Å²) in [5, 5.41) is 4.48. The number of thiazole rings is 1. The van der Waals surface area contributed by atoms with Gasteiger partial charge in [0.05, 0.1) is 11.2 Å². The van der Waals surface area contributed by atoms with Crippen molar-refractivity contribution in [2.45, 2.75) is 19.8 Å². The van der Waals surface area contributed by atoms with Gasteiger partial charge in [-0.1, -0.05) is 6.92 Å². The molecule has 3 rings (SSSR count). The second kappa shape index (κ2) is 7.59. The molecule has 2 saturated heterocycles. The molecular weight excluding hydrogens is 317 g/mol. The summed E-state index contributed by atoms with van der Waals surface area (Å²) in [5.74, 6) is 1.51. The maximum atomic E-state index is 12.4. The lowest BCUT2D eigenvalue weighted by Gasteiger charge is -2.15. The van der Waals surface area contributed by atoms with Gasteiger partial charge in [0, 0.05) is 26.2 Å². The molecule has 2 fully saturated rings. The molecular formula is C13H21Cl2N3OS. The molecule has 4 nitrogen and oxygen atoms in total. The average Bonchev–Trinajstić information content (AvgIpc) is 3.02. The van der Waals surface area contributed by atoms with E-state index in [1.54, 1.807) is 17.5 Å². The van der Waals surface area contributed by atoms with Crippen molar-refractivity contribution in [1.29, 1.82) is 0 Å². The molecule has 0 saturated carbocycles. The van der Waals surface area contributed by atoms with E-state index in [2.05, 4.69) is 17.2 Å². The molecule has 3 heterocycles. The zero-order valence-corrected chi connectivity index (χ0v) is 14.0. The molecule has 0 radical (unpaired) electrons. The van der Waals surface area contributed by atoms with Crippen LogP contribution in [0.25, 0.3) is 0 Å². The number of halogens is 2. The molecule has 7 heteroatoms. The van der Waals surface area contributed by atoms with Crippen LogP contribution in [0.15, 0.2) is 6.20 Å². The summed E-state index contributed by atoms with van der Waals surface area (Å²) < 4.78 is 0. The van der Waals surface area contributed by atoms with Crippen LogP contribution in [0.2, 0.25) is 0 Å². The SMILES string of the molecule is CCCc1ncc(C(=O)N2C[C@H]3CNC[C@H]3C2)s1.Cl.Cl. The van der Waals surface area contributed by atoms with E-state index >= 15 is 0 Å². The summed E-state index contributed by atoms with van der Waals surface area (Å²) in [5.41, 5.74) is 0. The highest BCUT2D eigenvalue weighted by Crippen LogP contribution is 2.28. The van der Waals surface area contributed by atoms with Crippen LogP contribution >= 0.6 is 36.2 Å². The second-order valence-electron chi connectivity index (χ2n) is 5.26. The van der Waals surface area contributed by atoms with Gasteiger partial charge in [0.1, 0.15) is 4.88 Å². The quantitative estimate of drug-likeness (QED) is 0.919. The molecule has 0 aliphatic carbocycles. The second-order valence-corrected chi connectivity index (χ2v) is 6.37. The Morgan fingerprint density at radius 3 is 2.65 bits per heavy atom. The fraction of sp³-hybridized carbons (Fsp3) is 0.692. The molecule has 1 amide bonds. The van der Waals surface area contributed by atoms with Crippen LogP contribution < -0.4 is 5.32 Å². The molecule has 2 aliphatic heterocycles. The van der Waals surface area contributed by atoms with Crippen molar-refractivity contribution in [2.75, 3.05) is 26.2 Å². The Balaban J connectivity index is 0.000001000. The predicted molar refractivity (Wildman–Crippen MR) is 86.4 cm³/mol. The number of likely N-dealkylation sites (tertiary alicyclic amines) is 1. The van der Waals surface area contributed by atoms with E-state index in [0.29, 0.717) is 11.8 Å². The summed E-state index contributed by atoms with van der Waals surface area (Å²) in [6.07, 6.45) is 3.82. The first-order valence-electron chi connectivity index (χ1n) is 6.72. The van der Waals surface area contributed by atoms with Crippen LogP contribution in [0.1, 0.15) is 28.0 Å². The third kappa shape index (κ3) is 3.45. The summed E-state index contributed by atoms with van der Waals surface area (Å²) in [6.45, 7) is 6.10. The van der Waals surface area contributed by atoms with E-state index in [0.717, 1.165) is 48.9 Å². The first-order chi connectivity index (χ1) is 8.78. The van der Waals surface area contributed by atoms with E-state index in [1.165, 1.54) is 0 Å². The van der Waals surface area contributed by atoms with E-state index in [-0.39, 0.29) is 30.7 Å². The van der Waals surface area contributed by atoms with E-state index < -0.39 is 0 Å². The summed E-state index contributed by atoms with van der Waals surface area (Å²) in [7, 11) is 0. The van der Waals surface area contributed by atoms with E-state index in [1.807, 2.05) is 4.90 Å². The zero-order valence-electron chi connectivity index (χ0n) is 11.5. The molecule has 1 aromatic heterocycles. The number of carbonyl (C=O) groups excluding carboxylic acids is 1. The number of carbonyl (C=O) groups is 1. The third-order valence-electron chi connectivity index (χ3n) is 3.90. The smallest absolute Gasteiger partial charge is 0.265 e. The molecule has 2 aliphatic rings. The summed E-state index contributed by atoms with van der Waals surface area (Å²) in [6, 6.07) is 0. The Kier molecular flexibility index (Phi) is 6.72. The Bertz CT molecular complexity index is 443. The minimum absolute atomic E-state index is 0. The Hall–Kier alpha value is -0.360. The number of fused-ring (bicyclic) bond motifs is 1. The molecule has 1 N–H and O–H groups in total. The van der Waals surface area contributed by atoms with Gasteiger partial charge in [-0.15, -0.1) is 36.2 Å². The monoisotopic (exact) mass is 337 g/mol. The van der Waals surface area contributed by atoms with Gasteiger partial charge in [0.2, 0.25) is 0 Å². The number of hydrogen-bond acceptors (Lipinski definition) is 4. The van der Waals surface area contributed by atoms with Gasteiger partial charge in [0.15, 0.2) is 0 Å². The van der Waals surface area contributed by atoms with Crippen molar-refractivity contribution in [2.24, 2.45) is 11.8 Å². The zero-order chi connectivity index (χ0) is 12.5. The van der Waals surface area contributed by atoms with E-state index in [9.17, 15) is 4.79 Å². The highest BCUT2D eigenvalue weighted by atomic mass is 35.5. The largest absolute Gasteiger partial charge is 0.337 e. The summed E-state index contributed by atoms with van der Waals surface area (Å²) in [4.78, 5) is 19.5. The molecule has 0 spiro atoms. The molecule has 2 atom stereocenters. The van der Waals surface area contributed by atoms with Crippen molar-refractivity contribution >= 4 is 42.1 Å². The maximum absolute atomic E-state index is 12.4. The topological polar surface area (TPSA) is 45.2 Å². The number of nitrogens with one attached hydrogen (secondary N) is 1. The number of rotatable bonds is 3. The Morgan fingerprint density at radius 2 is 2.05 bits per heavy atom. The van der Waals surface area contributed by atoms with E-state index in [4.69, 9.17) is 0 Å². The number of aromatic nitrogens is 1. The van der Waals surface area contributed by atoms with Gasteiger partial charge < -0.3 is 10.2 Å². The van der Waals surface area contributed by atoms with Crippen LogP contribution in [0.4, 0.5) is 0 Å². The lowest BCUT2D eigenvalue weighted by atomic mass is 10.0. The van der Waals surface area contributed by atoms with Gasteiger partial charge in [0.25, 0.3) is 5.91 Å². The Morgan fingerprint density at radius 1 is 1.40 bits per heavy atom. The predicted octanol–water partition coefficient (Wildman–Crippen LogP) is 2.23. The van der Waals surface area contributed by atoms with Crippen LogP contribution in [0.5, 0.6) is 0 Å². The lowest BCUT2D eigenvalue weighted by molar-refractivity contribution is 0.0786. The first kappa shape index (κ1) is 17.7. The molecule has 114 valence electrons. The van der Waals surface area contributed by atoms with Crippen LogP contribution in [-0.4, -0.2) is 42.0 Å².